The molecule has 36 heavy (non-hydrogen) atoms. The molecular weight excluding hydrogens is 575 g/mol. The van der Waals surface area contributed by atoms with Gasteiger partial charge in [0.25, 0.3) is 0 Å². The molecule has 0 aliphatic carbocycles. The van der Waals surface area contributed by atoms with E-state index in [0.717, 1.165) is 0 Å². The molecule has 0 bridgehead atoms. The Labute approximate surface area is 254 Å². The number of hydrogen-bond donors (Lipinski definition) is 0. The number of benzene rings is 3. The molecule has 0 atom stereocenters. The summed E-state index contributed by atoms with van der Waals surface area (Å²) in [7, 11) is 2.97. The molecule has 5 aromatic rings. The average molecular weight is 612 g/mol. The fourth-order valence-corrected chi connectivity index (χ4v) is 3.82. The third kappa shape index (κ3) is 11.7. The zero-order chi connectivity index (χ0) is 23.9. The molecular formula is C32H37Cl2SiZr. The van der Waals surface area contributed by atoms with Crippen molar-refractivity contribution in [3.05, 3.63) is 109 Å². The summed E-state index contributed by atoms with van der Waals surface area (Å²) < 4.78 is 0. The summed E-state index contributed by atoms with van der Waals surface area (Å²) in [5, 5.41) is 5.35. The molecule has 5 aromatic carbocycles. The van der Waals surface area contributed by atoms with Crippen LogP contribution in [0.3, 0.4) is 0 Å². The van der Waals surface area contributed by atoms with E-state index in [-0.39, 0.29) is 51.0 Å². The van der Waals surface area contributed by atoms with Gasteiger partial charge in [-0.1, -0.05) is 101 Å². The molecule has 0 saturated heterocycles. The monoisotopic (exact) mass is 609 g/mol. The van der Waals surface area contributed by atoms with Gasteiger partial charge in [0.2, 0.25) is 0 Å². The van der Waals surface area contributed by atoms with E-state index in [2.05, 4.69) is 134 Å². The molecule has 187 valence electrons. The first kappa shape index (κ1) is 36.7. The Hall–Kier alpha value is -1.44. The average Bonchev–Trinajstić information content (AvgIpc) is 3.51. The van der Waals surface area contributed by atoms with Crippen molar-refractivity contribution in [2.75, 3.05) is 0 Å². The molecule has 0 amide bonds. The fraction of sp³-hybridized carbons (Fsp3) is 0.250. The van der Waals surface area contributed by atoms with Crippen molar-refractivity contribution in [2.45, 2.75) is 53.0 Å². The van der Waals surface area contributed by atoms with Crippen molar-refractivity contribution in [3.8, 4) is 11.1 Å². The Kier molecular flexibility index (Phi) is 22.1. The van der Waals surface area contributed by atoms with Gasteiger partial charge in [-0.2, -0.15) is 23.6 Å². The molecule has 4 heteroatoms. The molecule has 5 rings (SSSR count). The third-order valence-electron chi connectivity index (χ3n) is 5.48. The van der Waals surface area contributed by atoms with E-state index in [0.29, 0.717) is 0 Å². The zero-order valence-corrected chi connectivity index (χ0v) is 26.9. The number of aryl methyl sites for hydroxylation is 1. The van der Waals surface area contributed by atoms with Gasteiger partial charge >= 0.3 is 26.2 Å². The number of halogens is 2. The van der Waals surface area contributed by atoms with Crippen LogP contribution in [0.1, 0.15) is 45.1 Å². The van der Waals surface area contributed by atoms with E-state index in [1.807, 2.05) is 0 Å². The summed E-state index contributed by atoms with van der Waals surface area (Å²) in [5.41, 5.74) is 3.95. The van der Waals surface area contributed by atoms with Crippen LogP contribution in [0, 0.1) is 6.92 Å². The first-order valence-electron chi connectivity index (χ1n) is 12.0. The van der Waals surface area contributed by atoms with E-state index in [1.165, 1.54) is 63.9 Å². The van der Waals surface area contributed by atoms with E-state index in [9.17, 15) is 0 Å². The van der Waals surface area contributed by atoms with Gasteiger partial charge in [-0.05, 0) is 5.56 Å². The maximum atomic E-state index is 2.97. The van der Waals surface area contributed by atoms with E-state index in [1.54, 1.807) is 6.55 Å². The minimum Gasteiger partial charge on any atom is -1.00 e. The Morgan fingerprint density at radius 3 is 1.89 bits per heavy atom. The van der Waals surface area contributed by atoms with Crippen molar-refractivity contribution >= 4 is 31.8 Å². The molecule has 0 N–H and O–H groups in total. The van der Waals surface area contributed by atoms with Crippen LogP contribution in [-0.4, -0.2) is 10.2 Å². The topological polar surface area (TPSA) is 0 Å². The molecule has 0 aliphatic heterocycles. The SMILES string of the molecule is CCCCCC.C[Si].Cc1cc2c(-c3ccccc3)cccc2[cH-]1.[Cl-].[Cl-].[Zr+4].c1ccc2[cH-]ccc2c1. The number of fused-ring (bicyclic) bond motifs is 2. The molecule has 0 aliphatic rings. The largest absolute Gasteiger partial charge is 4.00 e. The molecule has 0 fully saturated rings. The summed E-state index contributed by atoms with van der Waals surface area (Å²) in [6.07, 6.45) is 5.54. The maximum Gasteiger partial charge on any atom is 4.00 e. The second kappa shape index (κ2) is 21.6. The number of unbranched alkanes of at least 4 members (excludes halogenated alkanes) is 3. The molecule has 0 spiro atoms. The standard InChI is InChI=1S/C16H13.C9H7.C6H14.CH3Si.2ClH.Zr/c1-12-10-14-8-5-9-15(16(14)11-12)13-6-3-2-4-7-13;1-2-5-9-7-3-6-8(9)4-1;1-3-5-6-4-2;1-2;;;/h2-11H,1H3;1-7H;3-6H2,1-2H3;1H3;2*1H;/q2*-1;;;;;+4/p-2. The van der Waals surface area contributed by atoms with Crippen LogP contribution in [-0.2, 0) is 26.2 Å². The van der Waals surface area contributed by atoms with E-state index in [4.69, 9.17) is 0 Å². The Morgan fingerprint density at radius 2 is 1.28 bits per heavy atom. The maximum absolute atomic E-state index is 2.97. The molecule has 0 heterocycles. The molecule has 0 nitrogen and oxygen atoms in total. The van der Waals surface area contributed by atoms with Crippen LogP contribution in [0.5, 0.6) is 0 Å². The fourth-order valence-electron chi connectivity index (χ4n) is 3.82. The van der Waals surface area contributed by atoms with Crippen molar-refractivity contribution in [1.29, 1.82) is 0 Å². The van der Waals surface area contributed by atoms with Gasteiger partial charge in [-0.15, -0.1) is 64.2 Å². The van der Waals surface area contributed by atoms with Crippen LogP contribution in [0.15, 0.2) is 103 Å². The number of rotatable bonds is 4. The van der Waals surface area contributed by atoms with Gasteiger partial charge < -0.3 is 24.8 Å². The molecule has 3 radical (unpaired) electrons. The first-order chi connectivity index (χ1) is 16.2. The smallest absolute Gasteiger partial charge is 1.00 e. The van der Waals surface area contributed by atoms with Gasteiger partial charge in [0.15, 0.2) is 0 Å². The zero-order valence-electron chi connectivity index (χ0n) is 21.9. The molecule has 0 aromatic heterocycles. The minimum absolute atomic E-state index is 0. The van der Waals surface area contributed by atoms with Crippen molar-refractivity contribution in [2.24, 2.45) is 0 Å². The van der Waals surface area contributed by atoms with Crippen LogP contribution in [0.25, 0.3) is 32.7 Å². The van der Waals surface area contributed by atoms with Gasteiger partial charge in [0, 0.05) is 10.2 Å². The quantitative estimate of drug-likeness (QED) is 0.165. The van der Waals surface area contributed by atoms with Crippen molar-refractivity contribution in [1.82, 2.24) is 0 Å². The second-order valence-corrected chi connectivity index (χ2v) is 8.07. The van der Waals surface area contributed by atoms with Gasteiger partial charge in [0.05, 0.1) is 0 Å². The van der Waals surface area contributed by atoms with Crippen LogP contribution >= 0.6 is 0 Å². The minimum atomic E-state index is 0. The summed E-state index contributed by atoms with van der Waals surface area (Å²) in [5.74, 6) is 0. The van der Waals surface area contributed by atoms with Crippen molar-refractivity contribution in [3.63, 3.8) is 0 Å². The van der Waals surface area contributed by atoms with Gasteiger partial charge in [0.1, 0.15) is 0 Å². The Balaban J connectivity index is 0. The normalized spacial score (nSPS) is 9.03. The predicted octanol–water partition coefficient (Wildman–Crippen LogP) is 3.89. The van der Waals surface area contributed by atoms with Crippen LogP contribution in [0.4, 0.5) is 0 Å². The van der Waals surface area contributed by atoms with Crippen LogP contribution < -0.4 is 24.8 Å². The van der Waals surface area contributed by atoms with Crippen molar-refractivity contribution < 1.29 is 51.0 Å². The third-order valence-corrected chi connectivity index (χ3v) is 5.48. The molecule has 0 unspecified atom stereocenters. The predicted molar refractivity (Wildman–Crippen MR) is 151 cm³/mol. The first-order valence-corrected chi connectivity index (χ1v) is 13.0. The second-order valence-electron chi connectivity index (χ2n) is 8.07. The Bertz CT molecular complexity index is 1140. The van der Waals surface area contributed by atoms with Gasteiger partial charge in [-0.3, -0.25) is 0 Å². The van der Waals surface area contributed by atoms with E-state index < -0.39 is 0 Å². The van der Waals surface area contributed by atoms with Crippen LogP contribution in [0.2, 0.25) is 6.55 Å². The van der Waals surface area contributed by atoms with Gasteiger partial charge in [-0.25, -0.2) is 0 Å². The summed E-state index contributed by atoms with van der Waals surface area (Å²) in [6, 6.07) is 36.2. The Morgan fingerprint density at radius 1 is 0.694 bits per heavy atom. The van der Waals surface area contributed by atoms with E-state index >= 15 is 0 Å². The molecule has 0 saturated carbocycles. The number of hydrogen-bond acceptors (Lipinski definition) is 0. The summed E-state index contributed by atoms with van der Waals surface area (Å²) in [6.45, 7) is 8.42. The summed E-state index contributed by atoms with van der Waals surface area (Å²) in [4.78, 5) is 0. The summed E-state index contributed by atoms with van der Waals surface area (Å²) >= 11 is 0.